The van der Waals surface area contributed by atoms with Gasteiger partial charge in [0.25, 0.3) is 18.0 Å². The molecule has 0 bridgehead atoms. The normalized spacial score (nSPS) is 9.00. The van der Waals surface area contributed by atoms with E-state index in [1.165, 1.54) is 0 Å². The van der Waals surface area contributed by atoms with E-state index in [1.54, 1.807) is 0 Å². The third-order valence-electron chi connectivity index (χ3n) is 1.12. The van der Waals surface area contributed by atoms with E-state index in [-0.39, 0.29) is 18.0 Å². The molecule has 1 rings (SSSR count). The van der Waals surface area contributed by atoms with Crippen molar-refractivity contribution in [1.29, 1.82) is 0 Å². The van der Waals surface area contributed by atoms with Crippen molar-refractivity contribution in [3.63, 3.8) is 0 Å². The molecular weight excluding hydrogens is 207 g/mol. The maximum atomic E-state index is 4.95. The molecule has 0 fully saturated rings. The lowest BCUT2D eigenvalue weighted by molar-refractivity contribution is 0.459. The molecule has 0 aliphatic carbocycles. The fourth-order valence-corrected chi connectivity index (χ4v) is 1.14. The molecule has 12 heavy (non-hydrogen) atoms. The van der Waals surface area contributed by atoms with E-state index in [2.05, 4.69) is 15.0 Å². The van der Waals surface area contributed by atoms with E-state index < -0.39 is 0 Å². The fraction of sp³-hybridized carbons (Fsp3) is 0. The second-order valence-electron chi connectivity index (χ2n) is 1.80. The minimum Gasteiger partial charge on any atom is -0.619 e. The van der Waals surface area contributed by atoms with Crippen LogP contribution in [0.5, 0.6) is 18.0 Å². The third-order valence-corrected chi connectivity index (χ3v) is 2.22. The summed E-state index contributed by atoms with van der Waals surface area (Å²) in [6.45, 7) is 0. The summed E-state index contributed by atoms with van der Waals surface area (Å²) in [5.41, 5.74) is 0. The number of hydrogen-bond acceptors (Lipinski definition) is 6. The van der Waals surface area contributed by atoms with Gasteiger partial charge in [0.05, 0.1) is 0 Å². The highest BCUT2D eigenvalue weighted by Crippen LogP contribution is 2.12. The summed E-state index contributed by atoms with van der Waals surface area (Å²) in [6, 6.07) is 0.815. The van der Waals surface area contributed by atoms with Gasteiger partial charge >= 0.3 is 49.9 Å². The van der Waals surface area contributed by atoms with Crippen LogP contribution in [0.4, 0.5) is 0 Å². The molecular formula is C3H6Al3N3O3. The van der Waals surface area contributed by atoms with Crippen LogP contribution in [0, 0.1) is 0 Å². The van der Waals surface area contributed by atoms with Crippen LogP contribution in [0.25, 0.3) is 0 Å². The molecule has 6 nitrogen and oxygen atoms in total. The van der Waals surface area contributed by atoms with Gasteiger partial charge in [0.2, 0.25) is 0 Å². The Labute approximate surface area is 93.9 Å². The third kappa shape index (κ3) is 2.50. The maximum Gasteiger partial charge on any atom is 0.499 e. The van der Waals surface area contributed by atoms with Crippen molar-refractivity contribution in [2.75, 3.05) is 0 Å². The predicted molar refractivity (Wildman–Crippen MR) is 47.3 cm³/mol. The Bertz CT molecular complexity index is 217. The average Bonchev–Trinajstić information content (AvgIpc) is 2.16. The SMILES string of the molecule is [AlH2][O]c1nc([O][AlH2])nc([O][AlH2])n1. The zero-order chi connectivity index (χ0) is 8.97. The Kier molecular flexibility index (Phi) is 4.12. The quantitative estimate of drug-likeness (QED) is 0.489. The van der Waals surface area contributed by atoms with E-state index in [0.29, 0.717) is 49.9 Å². The summed E-state index contributed by atoms with van der Waals surface area (Å²) < 4.78 is 14.8. The summed E-state index contributed by atoms with van der Waals surface area (Å²) in [7, 11) is 0. The van der Waals surface area contributed by atoms with E-state index in [4.69, 9.17) is 11.4 Å². The van der Waals surface area contributed by atoms with Crippen molar-refractivity contribution in [3.8, 4) is 18.0 Å². The van der Waals surface area contributed by atoms with Gasteiger partial charge in [-0.1, -0.05) is 0 Å². The smallest absolute Gasteiger partial charge is 0.499 e. The van der Waals surface area contributed by atoms with Crippen LogP contribution in [0.2, 0.25) is 0 Å². The molecule has 60 valence electrons. The maximum absolute atomic E-state index is 4.95. The van der Waals surface area contributed by atoms with Gasteiger partial charge in [0.15, 0.2) is 0 Å². The number of rotatable bonds is 3. The van der Waals surface area contributed by atoms with Crippen LogP contribution in [-0.2, 0) is 0 Å². The van der Waals surface area contributed by atoms with Crippen LogP contribution in [0.3, 0.4) is 0 Å². The minimum atomic E-state index is 0.272. The van der Waals surface area contributed by atoms with E-state index >= 15 is 0 Å². The van der Waals surface area contributed by atoms with Crippen molar-refractivity contribution < 1.29 is 11.4 Å². The molecule has 0 saturated heterocycles. The Morgan fingerprint density at radius 3 is 1.08 bits per heavy atom. The molecule has 0 radical (unpaired) electrons. The lowest BCUT2D eigenvalue weighted by Gasteiger charge is -2.06. The highest BCUT2D eigenvalue weighted by atomic mass is 27.1. The molecule has 0 amide bonds. The molecule has 9 heteroatoms. The largest absolute Gasteiger partial charge is 0.619 e. The first-order valence-electron chi connectivity index (χ1n) is 3.18. The van der Waals surface area contributed by atoms with E-state index in [9.17, 15) is 0 Å². The van der Waals surface area contributed by atoms with Crippen LogP contribution >= 0.6 is 0 Å². The molecule has 1 aromatic heterocycles. The molecule has 0 aliphatic heterocycles. The van der Waals surface area contributed by atoms with E-state index in [1.807, 2.05) is 0 Å². The highest BCUT2D eigenvalue weighted by molar-refractivity contribution is 6.00. The van der Waals surface area contributed by atoms with Gasteiger partial charge in [0, 0.05) is 0 Å². The molecule has 0 aliphatic rings. The zero-order valence-corrected chi connectivity index (χ0v) is 13.1. The summed E-state index contributed by atoms with van der Waals surface area (Å²) in [4.78, 5) is 11.6. The molecule has 1 heterocycles. The van der Waals surface area contributed by atoms with Crippen LogP contribution in [0.1, 0.15) is 0 Å². The first-order chi connectivity index (χ1) is 5.80. The number of nitrogens with zero attached hydrogens (tertiary/aromatic N) is 3. The van der Waals surface area contributed by atoms with Crippen LogP contribution in [0.15, 0.2) is 0 Å². The second-order valence-corrected chi connectivity index (χ2v) is 3.02. The lowest BCUT2D eigenvalue weighted by atomic mass is 10.9. The summed E-state index contributed by atoms with van der Waals surface area (Å²) >= 11 is 1.61. The second kappa shape index (κ2) is 4.89. The average molecular weight is 213 g/mol. The Hall–Kier alpha value is 0.00740. The van der Waals surface area contributed by atoms with Gasteiger partial charge < -0.3 is 11.4 Å². The van der Waals surface area contributed by atoms with Gasteiger partial charge in [-0.25, -0.2) is 0 Å². The van der Waals surface area contributed by atoms with Crippen molar-refractivity contribution in [1.82, 2.24) is 15.0 Å². The monoisotopic (exact) mass is 213 g/mol. The van der Waals surface area contributed by atoms with Gasteiger partial charge in [-0.3, -0.25) is 0 Å². The fourth-order valence-electron chi connectivity index (χ4n) is 0.594. The van der Waals surface area contributed by atoms with Crippen molar-refractivity contribution >= 4 is 49.9 Å². The standard InChI is InChI=1S/C3H3N3O3.3Al.6H/c7-1-4-2(8)6-3(9)5-1;;;;;;;;;/h(H3,4,5,6,7,8,9);;;;;;;;;/q;3*+1;;;;;;/p-3. The highest BCUT2D eigenvalue weighted by Gasteiger charge is 2.03. The van der Waals surface area contributed by atoms with Gasteiger partial charge in [-0.2, -0.15) is 0 Å². The number of hydrogen-bond donors (Lipinski definition) is 0. The molecule has 0 saturated carbocycles. The minimum absolute atomic E-state index is 0.272. The predicted octanol–water partition coefficient (Wildman–Crippen LogP) is -3.35. The van der Waals surface area contributed by atoms with E-state index in [0.717, 1.165) is 0 Å². The van der Waals surface area contributed by atoms with Gasteiger partial charge in [-0.15, -0.1) is 15.0 Å². The Morgan fingerprint density at radius 2 is 0.917 bits per heavy atom. The molecule has 0 N–H and O–H groups in total. The molecule has 0 unspecified atom stereocenters. The Morgan fingerprint density at radius 1 is 0.667 bits per heavy atom. The first kappa shape index (κ1) is 10.1. The molecule has 0 aromatic carbocycles. The zero-order valence-electron chi connectivity index (χ0n) is 7.07. The summed E-state index contributed by atoms with van der Waals surface area (Å²) in [5.74, 6) is 0. The van der Waals surface area contributed by atoms with Crippen LogP contribution in [-0.4, -0.2) is 64.8 Å². The van der Waals surface area contributed by atoms with Gasteiger partial charge in [-0.05, 0) is 0 Å². The van der Waals surface area contributed by atoms with Crippen molar-refractivity contribution in [2.45, 2.75) is 0 Å². The number of aromatic nitrogens is 3. The summed E-state index contributed by atoms with van der Waals surface area (Å²) in [6.07, 6.45) is 0. The molecule has 0 atom stereocenters. The summed E-state index contributed by atoms with van der Waals surface area (Å²) in [5, 5.41) is 0. The van der Waals surface area contributed by atoms with Gasteiger partial charge in [0.1, 0.15) is 0 Å². The molecule has 1 aromatic rings. The lowest BCUT2D eigenvalue weighted by Crippen LogP contribution is -2.02. The first-order valence-corrected chi connectivity index (χ1v) is 5.63. The van der Waals surface area contributed by atoms with Crippen LogP contribution < -0.4 is 11.4 Å². The Balaban J connectivity index is 3.01. The van der Waals surface area contributed by atoms with Crippen molar-refractivity contribution in [2.24, 2.45) is 0 Å². The topological polar surface area (TPSA) is 66.4 Å². The molecule has 0 spiro atoms. The van der Waals surface area contributed by atoms with Crippen molar-refractivity contribution in [3.05, 3.63) is 0 Å².